The largest absolute Gasteiger partial charge is 0.450 e. The summed E-state index contributed by atoms with van der Waals surface area (Å²) in [5, 5.41) is 5.69. The third-order valence-corrected chi connectivity index (χ3v) is 4.33. The van der Waals surface area contributed by atoms with Gasteiger partial charge in [-0.2, -0.15) is 0 Å². The molecule has 0 spiro atoms. The van der Waals surface area contributed by atoms with E-state index in [1.807, 2.05) is 0 Å². The van der Waals surface area contributed by atoms with Gasteiger partial charge in [-0.05, 0) is 51.8 Å². The Balaban J connectivity index is 2.32. The number of hydrogen-bond donors (Lipinski definition) is 3. The lowest BCUT2D eigenvalue weighted by atomic mass is 10.0. The van der Waals surface area contributed by atoms with E-state index in [0.29, 0.717) is 12.0 Å². The van der Waals surface area contributed by atoms with Crippen molar-refractivity contribution < 1.29 is 23.9 Å². The van der Waals surface area contributed by atoms with E-state index in [0.717, 1.165) is 0 Å². The van der Waals surface area contributed by atoms with Crippen molar-refractivity contribution in [3.63, 3.8) is 0 Å². The number of nitrogens with two attached hydrogens (primary N) is 1. The van der Waals surface area contributed by atoms with Crippen LogP contribution in [0.25, 0.3) is 0 Å². The first-order valence-corrected chi connectivity index (χ1v) is 8.90. The highest BCUT2D eigenvalue weighted by atomic mass is 35.5. The fourth-order valence-corrected chi connectivity index (χ4v) is 2.97. The monoisotopic (exact) mass is 397 g/mol. The zero-order chi connectivity index (χ0) is 20.4. The van der Waals surface area contributed by atoms with Crippen molar-refractivity contribution in [1.29, 1.82) is 0 Å². The number of nitrogens with one attached hydrogen (secondary N) is 2. The van der Waals surface area contributed by atoms with Gasteiger partial charge in [0.1, 0.15) is 5.60 Å². The number of amides is 3. The Bertz CT molecular complexity index is 762. The molecule has 0 bridgehead atoms. The van der Waals surface area contributed by atoms with Crippen LogP contribution in [0, 0.1) is 0 Å². The van der Waals surface area contributed by atoms with Gasteiger partial charge in [-0.1, -0.05) is 17.7 Å². The van der Waals surface area contributed by atoms with Gasteiger partial charge < -0.3 is 25.8 Å². The van der Waals surface area contributed by atoms with Crippen LogP contribution in [0.4, 0.5) is 9.59 Å². The molecule has 1 unspecified atom stereocenters. The van der Waals surface area contributed by atoms with Crippen molar-refractivity contribution in [1.82, 2.24) is 10.6 Å². The van der Waals surface area contributed by atoms with Crippen LogP contribution in [-0.4, -0.2) is 36.3 Å². The number of carbonyl (C=O) groups is 3. The fourth-order valence-electron chi connectivity index (χ4n) is 2.76. The average Bonchev–Trinajstić information content (AvgIpc) is 3.18. The Labute approximate surface area is 162 Å². The average molecular weight is 398 g/mol. The second-order valence-electron chi connectivity index (χ2n) is 7.28. The third-order valence-electron chi connectivity index (χ3n) is 4.00. The van der Waals surface area contributed by atoms with Crippen molar-refractivity contribution in [3.05, 3.63) is 34.3 Å². The van der Waals surface area contributed by atoms with E-state index in [9.17, 15) is 14.4 Å². The Kier molecular flexibility index (Phi) is 5.89. The molecular formula is C18H24ClN3O5. The number of benzene rings is 1. The molecule has 1 fully saturated rings. The number of rotatable bonds is 5. The molecule has 3 amide bonds. The molecule has 27 heavy (non-hydrogen) atoms. The van der Waals surface area contributed by atoms with Crippen LogP contribution in [0.15, 0.2) is 18.2 Å². The molecule has 148 valence electrons. The minimum atomic E-state index is -0.954. The molecule has 8 nitrogen and oxygen atoms in total. The first kappa shape index (κ1) is 20.8. The number of carbonyl (C=O) groups excluding carboxylic acids is 3. The SMILES string of the molecule is CCOC(=O)N[C@H]1CC1(NC(=O)OC(C)(C)C)c1ccc(Cl)c(C(N)=O)c1. The molecule has 2 rings (SSSR count). The number of alkyl carbamates (subject to hydrolysis) is 2. The molecule has 1 aliphatic carbocycles. The Morgan fingerprint density at radius 2 is 1.96 bits per heavy atom. The molecule has 2 atom stereocenters. The first-order chi connectivity index (χ1) is 12.5. The highest BCUT2D eigenvalue weighted by Crippen LogP contribution is 2.47. The van der Waals surface area contributed by atoms with Crippen LogP contribution in [0.1, 0.15) is 50.0 Å². The molecule has 0 aliphatic heterocycles. The second kappa shape index (κ2) is 7.64. The van der Waals surface area contributed by atoms with Crippen LogP contribution in [-0.2, 0) is 15.0 Å². The summed E-state index contributed by atoms with van der Waals surface area (Å²) < 4.78 is 10.2. The van der Waals surface area contributed by atoms with E-state index >= 15 is 0 Å². The highest BCUT2D eigenvalue weighted by molar-refractivity contribution is 6.33. The van der Waals surface area contributed by atoms with Crippen LogP contribution in [0.2, 0.25) is 5.02 Å². The summed E-state index contributed by atoms with van der Waals surface area (Å²) in [6.45, 7) is 7.14. The number of halogens is 1. The quantitative estimate of drug-likeness (QED) is 0.705. The minimum absolute atomic E-state index is 0.126. The molecule has 0 heterocycles. The van der Waals surface area contributed by atoms with E-state index in [1.165, 1.54) is 12.1 Å². The molecule has 1 aliphatic rings. The summed E-state index contributed by atoms with van der Waals surface area (Å²) in [7, 11) is 0. The van der Waals surface area contributed by atoms with Gasteiger partial charge in [0.05, 0.1) is 28.8 Å². The Morgan fingerprint density at radius 1 is 1.30 bits per heavy atom. The van der Waals surface area contributed by atoms with Crippen LogP contribution in [0.3, 0.4) is 0 Å². The van der Waals surface area contributed by atoms with Crippen molar-refractivity contribution in [2.45, 2.75) is 51.3 Å². The molecule has 1 saturated carbocycles. The topological polar surface area (TPSA) is 120 Å². The maximum Gasteiger partial charge on any atom is 0.408 e. The molecule has 1 aromatic carbocycles. The molecule has 0 aromatic heterocycles. The van der Waals surface area contributed by atoms with Crippen LogP contribution < -0.4 is 16.4 Å². The van der Waals surface area contributed by atoms with Gasteiger partial charge in [0.25, 0.3) is 0 Å². The third kappa shape index (κ3) is 5.03. The summed E-state index contributed by atoms with van der Waals surface area (Å²) in [6.07, 6.45) is -0.851. The van der Waals surface area contributed by atoms with Gasteiger partial charge in [-0.3, -0.25) is 4.79 Å². The van der Waals surface area contributed by atoms with Crippen molar-refractivity contribution >= 4 is 29.7 Å². The van der Waals surface area contributed by atoms with Gasteiger partial charge in [-0.15, -0.1) is 0 Å². The summed E-state index contributed by atoms with van der Waals surface area (Å²) in [4.78, 5) is 35.7. The lowest BCUT2D eigenvalue weighted by Gasteiger charge is -2.25. The zero-order valence-corrected chi connectivity index (χ0v) is 16.5. The number of primary amides is 1. The van der Waals surface area contributed by atoms with Gasteiger partial charge in [0.2, 0.25) is 5.91 Å². The summed E-state index contributed by atoms with van der Waals surface area (Å²) in [6, 6.07) is 4.26. The maximum atomic E-state index is 12.3. The molecule has 0 radical (unpaired) electrons. The molecular weight excluding hydrogens is 374 g/mol. The minimum Gasteiger partial charge on any atom is -0.450 e. The van der Waals surface area contributed by atoms with Crippen LogP contribution in [0.5, 0.6) is 0 Å². The molecule has 9 heteroatoms. The lowest BCUT2D eigenvalue weighted by molar-refractivity contribution is 0.0490. The number of hydrogen-bond acceptors (Lipinski definition) is 5. The summed E-state index contributed by atoms with van der Waals surface area (Å²) in [5.41, 5.74) is 4.42. The summed E-state index contributed by atoms with van der Waals surface area (Å²) in [5.74, 6) is -0.690. The Morgan fingerprint density at radius 3 is 2.52 bits per heavy atom. The molecule has 0 saturated heterocycles. The maximum absolute atomic E-state index is 12.3. The standard InChI is InChI=1S/C18H24ClN3O5/c1-5-26-15(24)21-13-9-18(13,22-16(25)27-17(2,3)4)10-6-7-12(19)11(8-10)14(20)23/h6-8,13H,5,9H2,1-4H3,(H2,20,23)(H,21,24)(H,22,25)/t13-,18?/m0/s1. The van der Waals surface area contributed by atoms with Crippen LogP contribution >= 0.6 is 11.6 Å². The van der Waals surface area contributed by atoms with E-state index in [2.05, 4.69) is 10.6 Å². The summed E-state index contributed by atoms with van der Waals surface area (Å²) >= 11 is 6.01. The van der Waals surface area contributed by atoms with E-state index in [4.69, 9.17) is 26.8 Å². The van der Waals surface area contributed by atoms with Gasteiger partial charge in [0, 0.05) is 0 Å². The van der Waals surface area contributed by atoms with Gasteiger partial charge in [-0.25, -0.2) is 9.59 Å². The van der Waals surface area contributed by atoms with E-state index < -0.39 is 35.3 Å². The van der Waals surface area contributed by atoms with Crippen molar-refractivity contribution in [3.8, 4) is 0 Å². The normalized spacial score (nSPS) is 21.1. The zero-order valence-electron chi connectivity index (χ0n) is 15.7. The lowest BCUT2D eigenvalue weighted by Crippen LogP contribution is -2.44. The van der Waals surface area contributed by atoms with Gasteiger partial charge in [0.15, 0.2) is 0 Å². The Hall–Kier alpha value is -2.48. The van der Waals surface area contributed by atoms with Crippen molar-refractivity contribution in [2.75, 3.05) is 6.61 Å². The molecule has 4 N–H and O–H groups in total. The van der Waals surface area contributed by atoms with Gasteiger partial charge >= 0.3 is 12.2 Å². The van der Waals surface area contributed by atoms with Crippen molar-refractivity contribution in [2.24, 2.45) is 5.73 Å². The second-order valence-corrected chi connectivity index (χ2v) is 7.69. The molecule has 1 aromatic rings. The first-order valence-electron chi connectivity index (χ1n) is 8.53. The van der Waals surface area contributed by atoms with E-state index in [1.54, 1.807) is 33.8 Å². The fraction of sp³-hybridized carbons (Fsp3) is 0.500. The number of ether oxygens (including phenoxy) is 2. The highest BCUT2D eigenvalue weighted by Gasteiger charge is 2.58. The predicted molar refractivity (Wildman–Crippen MR) is 99.6 cm³/mol. The van der Waals surface area contributed by atoms with E-state index in [-0.39, 0.29) is 17.2 Å². The smallest absolute Gasteiger partial charge is 0.408 e. The predicted octanol–water partition coefficient (Wildman–Crippen LogP) is 2.68.